The fourth-order valence-electron chi connectivity index (χ4n) is 2.47. The molecule has 0 radical (unpaired) electrons. The molecule has 1 fully saturated rings. The van der Waals surface area contributed by atoms with Gasteiger partial charge in [-0.05, 0) is 11.6 Å². The number of nitrogens with zero attached hydrogens (tertiary/aromatic N) is 3. The number of aliphatic hydroxyl groups is 1. The van der Waals surface area contributed by atoms with Crippen LogP contribution in [0.2, 0.25) is 0 Å². The van der Waals surface area contributed by atoms with E-state index in [2.05, 4.69) is 5.10 Å². The Balaban J connectivity index is 1.54. The quantitative estimate of drug-likeness (QED) is 0.918. The maximum absolute atomic E-state index is 12.0. The van der Waals surface area contributed by atoms with Crippen LogP contribution in [0.15, 0.2) is 48.8 Å². The minimum absolute atomic E-state index is 0.0584. The summed E-state index contributed by atoms with van der Waals surface area (Å²) in [5, 5.41) is 13.7. The minimum Gasteiger partial charge on any atom is -0.445 e. The lowest BCUT2D eigenvalue weighted by Gasteiger charge is -2.48. The van der Waals surface area contributed by atoms with Crippen LogP contribution in [0.1, 0.15) is 5.56 Å². The van der Waals surface area contributed by atoms with Gasteiger partial charge < -0.3 is 14.7 Å². The van der Waals surface area contributed by atoms with Gasteiger partial charge in [-0.1, -0.05) is 30.3 Å². The summed E-state index contributed by atoms with van der Waals surface area (Å²) >= 11 is 0. The average Bonchev–Trinajstić information content (AvgIpc) is 3.00. The van der Waals surface area contributed by atoms with E-state index in [1.54, 1.807) is 28.0 Å². The van der Waals surface area contributed by atoms with Crippen molar-refractivity contribution in [3.63, 3.8) is 0 Å². The van der Waals surface area contributed by atoms with Crippen molar-refractivity contribution >= 4 is 6.09 Å². The zero-order valence-electron chi connectivity index (χ0n) is 11.6. The van der Waals surface area contributed by atoms with E-state index < -0.39 is 5.54 Å². The van der Waals surface area contributed by atoms with Gasteiger partial charge in [0.15, 0.2) is 0 Å². The molecule has 0 unspecified atom stereocenters. The molecule has 1 N–H and O–H groups in total. The summed E-state index contributed by atoms with van der Waals surface area (Å²) in [7, 11) is 0. The molecule has 0 bridgehead atoms. The average molecular weight is 287 g/mol. The van der Waals surface area contributed by atoms with Gasteiger partial charge in [0.1, 0.15) is 12.1 Å². The van der Waals surface area contributed by atoms with Crippen molar-refractivity contribution in [2.75, 3.05) is 19.7 Å². The molecule has 1 aromatic heterocycles. The predicted octanol–water partition coefficient (Wildman–Crippen LogP) is 1.22. The van der Waals surface area contributed by atoms with Crippen molar-refractivity contribution < 1.29 is 14.6 Å². The summed E-state index contributed by atoms with van der Waals surface area (Å²) in [5.74, 6) is 0. The second-order valence-electron chi connectivity index (χ2n) is 5.23. The first-order valence-electron chi connectivity index (χ1n) is 6.80. The topological polar surface area (TPSA) is 67.6 Å². The number of aliphatic hydroxyl groups excluding tert-OH is 1. The smallest absolute Gasteiger partial charge is 0.410 e. The summed E-state index contributed by atoms with van der Waals surface area (Å²) in [6.45, 7) is 0.999. The van der Waals surface area contributed by atoms with Crippen molar-refractivity contribution in [1.29, 1.82) is 0 Å². The number of ether oxygens (including phenoxy) is 1. The number of carbonyl (C=O) groups is 1. The van der Waals surface area contributed by atoms with Gasteiger partial charge in [-0.2, -0.15) is 5.10 Å². The van der Waals surface area contributed by atoms with Crippen LogP contribution >= 0.6 is 0 Å². The molecule has 0 aliphatic carbocycles. The number of amides is 1. The van der Waals surface area contributed by atoms with Crippen LogP contribution in [-0.2, 0) is 16.9 Å². The maximum atomic E-state index is 12.0. The van der Waals surface area contributed by atoms with Gasteiger partial charge >= 0.3 is 6.09 Å². The summed E-state index contributed by atoms with van der Waals surface area (Å²) < 4.78 is 6.97. The third-order valence-corrected chi connectivity index (χ3v) is 3.72. The van der Waals surface area contributed by atoms with E-state index in [1.165, 1.54) is 0 Å². The zero-order chi connectivity index (χ0) is 14.7. The van der Waals surface area contributed by atoms with Gasteiger partial charge in [-0.25, -0.2) is 4.79 Å². The van der Waals surface area contributed by atoms with Crippen molar-refractivity contribution in [2.45, 2.75) is 12.1 Å². The Hall–Kier alpha value is -2.34. The second kappa shape index (κ2) is 5.57. The molecule has 1 aliphatic heterocycles. The van der Waals surface area contributed by atoms with E-state index in [0.717, 1.165) is 5.56 Å². The Kier molecular flexibility index (Phi) is 3.62. The van der Waals surface area contributed by atoms with Gasteiger partial charge in [-0.15, -0.1) is 0 Å². The fourth-order valence-corrected chi connectivity index (χ4v) is 2.47. The molecular weight excluding hydrogens is 270 g/mol. The van der Waals surface area contributed by atoms with Crippen LogP contribution in [0.3, 0.4) is 0 Å². The molecule has 1 amide bonds. The Labute approximate surface area is 122 Å². The first kappa shape index (κ1) is 13.6. The van der Waals surface area contributed by atoms with Gasteiger partial charge in [0.05, 0.1) is 19.7 Å². The Morgan fingerprint density at radius 1 is 1.29 bits per heavy atom. The van der Waals surface area contributed by atoms with Crippen molar-refractivity contribution in [1.82, 2.24) is 14.7 Å². The first-order chi connectivity index (χ1) is 10.2. The molecule has 1 aliphatic rings. The highest BCUT2D eigenvalue weighted by molar-refractivity contribution is 5.69. The Morgan fingerprint density at radius 3 is 2.67 bits per heavy atom. The molecule has 110 valence electrons. The van der Waals surface area contributed by atoms with E-state index in [1.807, 2.05) is 30.3 Å². The van der Waals surface area contributed by atoms with E-state index in [9.17, 15) is 9.90 Å². The lowest BCUT2D eigenvalue weighted by Crippen LogP contribution is -2.66. The molecule has 3 rings (SSSR count). The van der Waals surface area contributed by atoms with Crippen LogP contribution in [-0.4, -0.2) is 45.6 Å². The Morgan fingerprint density at radius 2 is 2.05 bits per heavy atom. The lowest BCUT2D eigenvalue weighted by atomic mass is 9.91. The summed E-state index contributed by atoms with van der Waals surface area (Å²) in [4.78, 5) is 13.5. The van der Waals surface area contributed by atoms with Gasteiger partial charge in [-0.3, -0.25) is 4.68 Å². The molecule has 0 saturated carbocycles. The van der Waals surface area contributed by atoms with Gasteiger partial charge in [0, 0.05) is 12.4 Å². The monoisotopic (exact) mass is 287 g/mol. The van der Waals surface area contributed by atoms with E-state index in [0.29, 0.717) is 13.1 Å². The maximum Gasteiger partial charge on any atom is 0.410 e. The molecule has 2 heterocycles. The van der Waals surface area contributed by atoms with Crippen molar-refractivity contribution in [3.8, 4) is 0 Å². The Bertz CT molecular complexity index is 592. The van der Waals surface area contributed by atoms with E-state index in [4.69, 9.17) is 4.74 Å². The molecule has 6 nitrogen and oxygen atoms in total. The number of rotatable bonds is 4. The highest BCUT2D eigenvalue weighted by Crippen LogP contribution is 2.28. The molecule has 0 spiro atoms. The molecule has 1 aromatic carbocycles. The van der Waals surface area contributed by atoms with Gasteiger partial charge in [0.25, 0.3) is 0 Å². The summed E-state index contributed by atoms with van der Waals surface area (Å²) in [6, 6.07) is 11.3. The number of aromatic nitrogens is 2. The number of carbonyl (C=O) groups excluding carboxylic acids is 1. The second-order valence-corrected chi connectivity index (χ2v) is 5.23. The number of likely N-dealkylation sites (tertiary alicyclic amines) is 1. The number of benzene rings is 1. The van der Waals surface area contributed by atoms with Crippen LogP contribution < -0.4 is 0 Å². The zero-order valence-corrected chi connectivity index (χ0v) is 11.6. The van der Waals surface area contributed by atoms with Crippen molar-refractivity contribution in [2.24, 2.45) is 0 Å². The van der Waals surface area contributed by atoms with E-state index in [-0.39, 0.29) is 19.3 Å². The fraction of sp³-hybridized carbons (Fsp3) is 0.333. The third-order valence-electron chi connectivity index (χ3n) is 3.72. The van der Waals surface area contributed by atoms with Gasteiger partial charge in [0.2, 0.25) is 0 Å². The van der Waals surface area contributed by atoms with Crippen LogP contribution in [0.25, 0.3) is 0 Å². The standard InChI is InChI=1S/C15H17N3O3/c19-12-15(18-8-4-7-16-18)10-17(11-15)14(20)21-9-13-5-2-1-3-6-13/h1-8,19H,9-12H2. The largest absolute Gasteiger partial charge is 0.445 e. The van der Waals surface area contributed by atoms with E-state index >= 15 is 0 Å². The number of hydrogen-bond acceptors (Lipinski definition) is 4. The molecule has 21 heavy (non-hydrogen) atoms. The SMILES string of the molecule is O=C(OCc1ccccc1)N1CC(CO)(n2cccn2)C1. The molecule has 6 heteroatoms. The molecule has 0 atom stereocenters. The van der Waals surface area contributed by atoms with Crippen LogP contribution in [0.5, 0.6) is 0 Å². The molecular formula is C15H17N3O3. The summed E-state index contributed by atoms with van der Waals surface area (Å²) in [6.07, 6.45) is 3.09. The summed E-state index contributed by atoms with van der Waals surface area (Å²) in [5.41, 5.74) is 0.432. The first-order valence-corrected chi connectivity index (χ1v) is 6.80. The normalized spacial score (nSPS) is 16.3. The number of hydrogen-bond donors (Lipinski definition) is 1. The highest BCUT2D eigenvalue weighted by Gasteiger charge is 2.47. The van der Waals surface area contributed by atoms with Crippen molar-refractivity contribution in [3.05, 3.63) is 54.4 Å². The third kappa shape index (κ3) is 2.62. The molecule has 2 aromatic rings. The van der Waals surface area contributed by atoms with Crippen LogP contribution in [0, 0.1) is 0 Å². The molecule has 1 saturated heterocycles. The van der Waals surface area contributed by atoms with Crippen LogP contribution in [0.4, 0.5) is 4.79 Å². The lowest BCUT2D eigenvalue weighted by molar-refractivity contribution is -0.0354. The highest BCUT2D eigenvalue weighted by atomic mass is 16.6. The predicted molar refractivity (Wildman–Crippen MR) is 75.5 cm³/mol. The minimum atomic E-state index is -0.519.